The minimum atomic E-state index is -0.613. The fourth-order valence-corrected chi connectivity index (χ4v) is 2.70. The average Bonchev–Trinajstić information content (AvgIpc) is 2.47. The second-order valence-electron chi connectivity index (χ2n) is 5.86. The van der Waals surface area contributed by atoms with E-state index in [1.165, 1.54) is 6.42 Å². The zero-order valence-electron chi connectivity index (χ0n) is 13.1. The number of piperidine rings is 1. The molecule has 0 spiro atoms. The maximum Gasteiger partial charge on any atom is 0.263 e. The normalized spacial score (nSPS) is 18.2. The van der Waals surface area contributed by atoms with Crippen LogP contribution in [0.5, 0.6) is 5.75 Å². The second-order valence-corrected chi connectivity index (χ2v) is 5.86. The summed E-state index contributed by atoms with van der Waals surface area (Å²) in [7, 11) is 0. The van der Waals surface area contributed by atoms with Crippen molar-refractivity contribution < 1.29 is 14.6 Å². The van der Waals surface area contributed by atoms with Gasteiger partial charge < -0.3 is 14.7 Å². The zero-order chi connectivity index (χ0) is 15.4. The first-order valence-corrected chi connectivity index (χ1v) is 7.73. The molecule has 1 heterocycles. The molecule has 2 rings (SSSR count). The van der Waals surface area contributed by atoms with Crippen molar-refractivity contribution in [3.63, 3.8) is 0 Å². The van der Waals surface area contributed by atoms with E-state index in [1.54, 1.807) is 13.8 Å². The highest BCUT2D eigenvalue weighted by molar-refractivity contribution is 5.81. The monoisotopic (exact) mass is 291 g/mol. The maximum absolute atomic E-state index is 12.4. The van der Waals surface area contributed by atoms with E-state index in [2.05, 4.69) is 0 Å². The zero-order valence-corrected chi connectivity index (χ0v) is 13.1. The lowest BCUT2D eigenvalue weighted by Gasteiger charge is -2.29. The lowest BCUT2D eigenvalue weighted by atomic mass is 10.1. The number of amides is 1. The van der Waals surface area contributed by atoms with Gasteiger partial charge in [-0.15, -0.1) is 0 Å². The minimum Gasteiger partial charge on any atom is -0.480 e. The van der Waals surface area contributed by atoms with Crippen LogP contribution < -0.4 is 4.74 Å². The highest BCUT2D eigenvalue weighted by atomic mass is 16.5. The Balaban J connectivity index is 2.09. The van der Waals surface area contributed by atoms with E-state index >= 15 is 0 Å². The lowest BCUT2D eigenvalue weighted by molar-refractivity contribution is -0.138. The van der Waals surface area contributed by atoms with Gasteiger partial charge in [-0.1, -0.05) is 12.1 Å². The molecule has 0 aliphatic carbocycles. The highest BCUT2D eigenvalue weighted by Crippen LogP contribution is 2.27. The van der Waals surface area contributed by atoms with Crippen molar-refractivity contribution >= 4 is 5.91 Å². The highest BCUT2D eigenvalue weighted by Gasteiger charge is 2.24. The van der Waals surface area contributed by atoms with Crippen molar-refractivity contribution in [2.24, 2.45) is 0 Å². The van der Waals surface area contributed by atoms with Crippen LogP contribution in [0.3, 0.4) is 0 Å². The van der Waals surface area contributed by atoms with Crippen LogP contribution in [0.25, 0.3) is 0 Å². The SMILES string of the molecule is Cc1ccc([C@H](C)O)c(OC(C)C(=O)N2CCCCC2)c1. The van der Waals surface area contributed by atoms with Crippen molar-refractivity contribution in [2.75, 3.05) is 13.1 Å². The quantitative estimate of drug-likeness (QED) is 0.928. The molecule has 1 saturated heterocycles. The van der Waals surface area contributed by atoms with E-state index in [0.717, 1.165) is 37.1 Å². The summed E-state index contributed by atoms with van der Waals surface area (Å²) in [6.07, 6.45) is 2.20. The van der Waals surface area contributed by atoms with E-state index < -0.39 is 12.2 Å². The molecule has 0 saturated carbocycles. The van der Waals surface area contributed by atoms with Crippen molar-refractivity contribution in [2.45, 2.75) is 52.2 Å². The molecular formula is C17H25NO3. The molecular weight excluding hydrogens is 266 g/mol. The molecule has 1 fully saturated rings. The first-order chi connectivity index (χ1) is 9.99. The number of aliphatic hydroxyl groups excluding tert-OH is 1. The number of carbonyl (C=O) groups is 1. The number of ether oxygens (including phenoxy) is 1. The van der Waals surface area contributed by atoms with E-state index in [-0.39, 0.29) is 5.91 Å². The average molecular weight is 291 g/mol. The molecule has 1 aromatic carbocycles. The number of hydrogen-bond acceptors (Lipinski definition) is 3. The molecule has 21 heavy (non-hydrogen) atoms. The molecule has 1 unspecified atom stereocenters. The number of rotatable bonds is 4. The van der Waals surface area contributed by atoms with Gasteiger partial charge in [0.2, 0.25) is 0 Å². The van der Waals surface area contributed by atoms with Crippen molar-refractivity contribution in [3.05, 3.63) is 29.3 Å². The molecule has 116 valence electrons. The summed E-state index contributed by atoms with van der Waals surface area (Å²) < 4.78 is 5.85. The summed E-state index contributed by atoms with van der Waals surface area (Å²) in [4.78, 5) is 14.3. The van der Waals surface area contributed by atoms with Crippen LogP contribution in [0.1, 0.15) is 50.3 Å². The predicted molar refractivity (Wildman–Crippen MR) is 82.3 cm³/mol. The van der Waals surface area contributed by atoms with E-state index in [0.29, 0.717) is 5.75 Å². The van der Waals surface area contributed by atoms with Crippen LogP contribution in [0.2, 0.25) is 0 Å². The molecule has 4 heteroatoms. The van der Waals surface area contributed by atoms with Crippen molar-refractivity contribution in [3.8, 4) is 5.75 Å². The molecule has 1 N–H and O–H groups in total. The summed E-state index contributed by atoms with van der Waals surface area (Å²) in [6.45, 7) is 7.10. The van der Waals surface area contributed by atoms with Gasteiger partial charge in [0.15, 0.2) is 6.10 Å². The third-order valence-corrected chi connectivity index (χ3v) is 3.94. The molecule has 4 nitrogen and oxygen atoms in total. The van der Waals surface area contributed by atoms with Crippen LogP contribution in [0.4, 0.5) is 0 Å². The fourth-order valence-electron chi connectivity index (χ4n) is 2.70. The summed E-state index contributed by atoms with van der Waals surface area (Å²) in [5, 5.41) is 9.82. The van der Waals surface area contributed by atoms with E-state index in [1.807, 2.05) is 30.0 Å². The Labute approximate surface area is 126 Å². The Hall–Kier alpha value is -1.55. The Morgan fingerprint density at radius 2 is 1.90 bits per heavy atom. The van der Waals surface area contributed by atoms with E-state index in [9.17, 15) is 9.90 Å². The van der Waals surface area contributed by atoms with Crippen LogP contribution >= 0.6 is 0 Å². The predicted octanol–water partition coefficient (Wildman–Crippen LogP) is 2.83. The van der Waals surface area contributed by atoms with Gasteiger partial charge in [0.05, 0.1) is 6.10 Å². The fraction of sp³-hybridized carbons (Fsp3) is 0.588. The second kappa shape index (κ2) is 6.94. The number of aryl methyl sites for hydroxylation is 1. The summed E-state index contributed by atoms with van der Waals surface area (Å²) in [5.74, 6) is 0.635. The van der Waals surface area contributed by atoms with E-state index in [4.69, 9.17) is 4.74 Å². The largest absolute Gasteiger partial charge is 0.480 e. The molecule has 0 bridgehead atoms. The first kappa shape index (κ1) is 15.8. The molecule has 1 aliphatic heterocycles. The number of benzene rings is 1. The van der Waals surface area contributed by atoms with Crippen molar-refractivity contribution in [1.82, 2.24) is 4.90 Å². The Morgan fingerprint density at radius 3 is 2.52 bits per heavy atom. The third-order valence-electron chi connectivity index (χ3n) is 3.94. The number of carbonyl (C=O) groups excluding carboxylic acids is 1. The Kier molecular flexibility index (Phi) is 5.23. The Bertz CT molecular complexity index is 493. The van der Waals surface area contributed by atoms with Gasteiger partial charge in [-0.25, -0.2) is 0 Å². The third kappa shape index (κ3) is 3.97. The number of nitrogens with zero attached hydrogens (tertiary/aromatic N) is 1. The number of hydrogen-bond donors (Lipinski definition) is 1. The minimum absolute atomic E-state index is 0.0350. The summed E-state index contributed by atoms with van der Waals surface area (Å²) in [6, 6.07) is 5.67. The van der Waals surface area contributed by atoms with Gasteiger partial charge in [0.1, 0.15) is 5.75 Å². The first-order valence-electron chi connectivity index (χ1n) is 7.73. The number of likely N-dealkylation sites (tertiary alicyclic amines) is 1. The molecule has 0 aromatic heterocycles. The Morgan fingerprint density at radius 1 is 1.24 bits per heavy atom. The van der Waals surface area contributed by atoms with Crippen LogP contribution in [-0.4, -0.2) is 35.1 Å². The summed E-state index contributed by atoms with van der Waals surface area (Å²) in [5.41, 5.74) is 1.77. The maximum atomic E-state index is 12.4. The van der Waals surface area contributed by atoms with Gasteiger partial charge in [-0.2, -0.15) is 0 Å². The molecule has 1 aromatic rings. The van der Waals surface area contributed by atoms with Crippen molar-refractivity contribution in [1.29, 1.82) is 0 Å². The van der Waals surface area contributed by atoms with Crippen LogP contribution in [-0.2, 0) is 4.79 Å². The van der Waals surface area contributed by atoms with Gasteiger partial charge in [0.25, 0.3) is 5.91 Å². The van der Waals surface area contributed by atoms with Gasteiger partial charge in [-0.05, 0) is 51.7 Å². The standard InChI is InChI=1S/C17H25NO3/c1-12-7-8-15(13(2)19)16(11-12)21-14(3)17(20)18-9-5-4-6-10-18/h7-8,11,13-14,19H,4-6,9-10H2,1-3H3/t13-,14?/m0/s1. The lowest BCUT2D eigenvalue weighted by Crippen LogP contribution is -2.43. The smallest absolute Gasteiger partial charge is 0.263 e. The van der Waals surface area contributed by atoms with Gasteiger partial charge in [-0.3, -0.25) is 4.79 Å². The van der Waals surface area contributed by atoms with Gasteiger partial charge >= 0.3 is 0 Å². The molecule has 0 radical (unpaired) electrons. The van der Waals surface area contributed by atoms with Gasteiger partial charge in [0, 0.05) is 18.7 Å². The summed E-state index contributed by atoms with van der Waals surface area (Å²) >= 11 is 0. The number of aliphatic hydroxyl groups is 1. The topological polar surface area (TPSA) is 49.8 Å². The molecule has 1 amide bonds. The molecule has 2 atom stereocenters. The van der Waals surface area contributed by atoms with Crippen LogP contribution in [0, 0.1) is 6.92 Å². The van der Waals surface area contributed by atoms with Crippen LogP contribution in [0.15, 0.2) is 18.2 Å². The molecule has 1 aliphatic rings.